The van der Waals surface area contributed by atoms with Gasteiger partial charge in [0, 0.05) is 28.0 Å². The number of ether oxygens (including phenoxy) is 2. The minimum Gasteiger partial charge on any atom is -0.449 e. The summed E-state index contributed by atoms with van der Waals surface area (Å²) in [6, 6.07) is 81.8. The van der Waals surface area contributed by atoms with Crippen molar-refractivity contribution in [1.82, 2.24) is 0 Å². The predicted molar refractivity (Wildman–Crippen MR) is 272 cm³/mol. The molecule has 316 valence electrons. The van der Waals surface area contributed by atoms with Gasteiger partial charge in [-0.15, -0.1) is 0 Å². The average molecular weight is 858 g/mol. The number of hydrogen-bond donors (Lipinski definition) is 0. The number of hydrogen-bond acceptors (Lipinski definition) is 3. The van der Waals surface area contributed by atoms with E-state index in [2.05, 4.69) is 219 Å². The number of nitrogens with zero attached hydrogens (tertiary/aromatic N) is 1. The Balaban J connectivity index is 0.911. The van der Waals surface area contributed by atoms with Crippen molar-refractivity contribution in [3.8, 4) is 78.6 Å². The summed E-state index contributed by atoms with van der Waals surface area (Å²) < 4.78 is 13.5. The maximum Gasteiger partial charge on any atom is 0.178 e. The summed E-state index contributed by atoms with van der Waals surface area (Å²) in [5.74, 6) is 2.94. The van der Waals surface area contributed by atoms with Gasteiger partial charge in [-0.25, -0.2) is 0 Å². The molecule has 3 aliphatic carbocycles. The Morgan fingerprint density at radius 1 is 0.313 bits per heavy atom. The third-order valence-electron chi connectivity index (χ3n) is 15.0. The fraction of sp³-hybridized carbons (Fsp3) is 0.0625. The van der Waals surface area contributed by atoms with Crippen molar-refractivity contribution < 1.29 is 9.47 Å². The zero-order valence-corrected chi connectivity index (χ0v) is 37.1. The Morgan fingerprint density at radius 2 is 0.791 bits per heavy atom. The van der Waals surface area contributed by atoms with Crippen LogP contribution in [0, 0.1) is 0 Å². The molecule has 0 bridgehead atoms. The second-order valence-corrected chi connectivity index (χ2v) is 18.8. The fourth-order valence-electron chi connectivity index (χ4n) is 11.9. The van der Waals surface area contributed by atoms with Crippen LogP contribution in [0.5, 0.6) is 23.0 Å². The molecule has 0 fully saturated rings. The minimum absolute atomic E-state index is 0.123. The van der Waals surface area contributed by atoms with Crippen molar-refractivity contribution in [3.63, 3.8) is 0 Å². The van der Waals surface area contributed by atoms with Gasteiger partial charge in [0.15, 0.2) is 23.0 Å². The smallest absolute Gasteiger partial charge is 0.178 e. The SMILES string of the molecule is CC1(C)c2ccccc2-c2ccc(N(c3ccc(-c4ccccc4)cc3)c3ccc(-c4ccc5c(c4)-c4c(ccc6c4Oc4ccccc4O6)C54c5ccccc5-c5ccccc54)cc3)cc21. The molecule has 0 saturated carbocycles. The summed E-state index contributed by atoms with van der Waals surface area (Å²) >= 11 is 0. The van der Waals surface area contributed by atoms with Crippen LogP contribution in [-0.4, -0.2) is 0 Å². The predicted octanol–water partition coefficient (Wildman–Crippen LogP) is 17.0. The van der Waals surface area contributed by atoms with Crippen molar-refractivity contribution in [1.29, 1.82) is 0 Å². The van der Waals surface area contributed by atoms with Crippen LogP contribution >= 0.6 is 0 Å². The molecule has 0 unspecified atom stereocenters. The van der Waals surface area contributed by atoms with Gasteiger partial charge < -0.3 is 14.4 Å². The van der Waals surface area contributed by atoms with Gasteiger partial charge in [0.25, 0.3) is 0 Å². The number of fused-ring (bicyclic) bond motifs is 16. The van der Waals surface area contributed by atoms with E-state index in [9.17, 15) is 0 Å². The van der Waals surface area contributed by atoms with E-state index in [-0.39, 0.29) is 5.41 Å². The molecule has 10 aromatic carbocycles. The van der Waals surface area contributed by atoms with Crippen LogP contribution < -0.4 is 14.4 Å². The van der Waals surface area contributed by atoms with Crippen LogP contribution in [0.4, 0.5) is 17.1 Å². The van der Waals surface area contributed by atoms with Gasteiger partial charge in [-0.05, 0) is 144 Å². The van der Waals surface area contributed by atoms with Crippen LogP contribution in [0.1, 0.15) is 47.2 Å². The Bertz CT molecular complexity index is 3610. The Labute approximate surface area is 390 Å². The molecular weight excluding hydrogens is 815 g/mol. The lowest BCUT2D eigenvalue weighted by molar-refractivity contribution is 0.360. The normalized spacial score (nSPS) is 14.3. The van der Waals surface area contributed by atoms with Crippen molar-refractivity contribution in [3.05, 3.63) is 258 Å². The number of para-hydroxylation sites is 2. The number of benzene rings is 10. The summed E-state index contributed by atoms with van der Waals surface area (Å²) in [6.45, 7) is 4.70. The van der Waals surface area contributed by atoms with E-state index in [1.807, 2.05) is 24.3 Å². The van der Waals surface area contributed by atoms with Crippen LogP contribution in [0.25, 0.3) is 55.6 Å². The van der Waals surface area contributed by atoms with E-state index in [4.69, 9.17) is 9.47 Å². The molecule has 0 saturated heterocycles. The Morgan fingerprint density at radius 3 is 1.46 bits per heavy atom. The topological polar surface area (TPSA) is 21.7 Å². The molecule has 3 nitrogen and oxygen atoms in total. The molecule has 3 heteroatoms. The minimum atomic E-state index is -0.516. The molecule has 0 atom stereocenters. The summed E-state index contributed by atoms with van der Waals surface area (Å²) in [5.41, 5.74) is 22.5. The molecule has 0 radical (unpaired) electrons. The lowest BCUT2D eigenvalue weighted by atomic mass is 9.70. The summed E-state index contributed by atoms with van der Waals surface area (Å²) in [5, 5.41) is 0. The van der Waals surface area contributed by atoms with Crippen LogP contribution in [0.3, 0.4) is 0 Å². The third-order valence-corrected chi connectivity index (χ3v) is 15.0. The average Bonchev–Trinajstić information content (AvgIpc) is 3.94. The van der Waals surface area contributed by atoms with Gasteiger partial charge in [0.1, 0.15) is 0 Å². The Kier molecular flexibility index (Phi) is 7.95. The van der Waals surface area contributed by atoms with E-state index in [1.165, 1.54) is 66.8 Å². The van der Waals surface area contributed by atoms with Gasteiger partial charge in [-0.3, -0.25) is 0 Å². The number of rotatable bonds is 5. The second-order valence-electron chi connectivity index (χ2n) is 18.8. The van der Waals surface area contributed by atoms with Gasteiger partial charge >= 0.3 is 0 Å². The monoisotopic (exact) mass is 857 g/mol. The summed E-state index contributed by atoms with van der Waals surface area (Å²) in [6.07, 6.45) is 0. The first-order valence-electron chi connectivity index (χ1n) is 23.2. The van der Waals surface area contributed by atoms with Crippen LogP contribution in [-0.2, 0) is 10.8 Å². The standard InChI is InChI=1S/C64H43NO2/c1-63(2)52-19-9-6-16-47(52)50-34-33-46(39-57(50)63)65(44-29-24-41(25-30-44)40-14-4-3-5-15-40)45-31-26-42(27-32-45)43-28-35-55-51(38-43)61-56(36-37-60-62(61)67-59-23-13-12-22-58(59)66-60)64(55)53-20-10-7-17-48(53)49-18-8-11-21-54(49)64/h3-39H,1-2H3. The highest BCUT2D eigenvalue weighted by molar-refractivity contribution is 5.99. The van der Waals surface area contributed by atoms with Crippen molar-refractivity contribution in [2.45, 2.75) is 24.7 Å². The number of anilines is 3. The highest BCUT2D eigenvalue weighted by Crippen LogP contribution is 2.66. The highest BCUT2D eigenvalue weighted by Gasteiger charge is 2.53. The van der Waals surface area contributed by atoms with Crippen LogP contribution in [0.2, 0.25) is 0 Å². The highest BCUT2D eigenvalue weighted by atomic mass is 16.6. The molecule has 14 rings (SSSR count). The summed E-state index contributed by atoms with van der Waals surface area (Å²) in [7, 11) is 0. The maximum atomic E-state index is 6.89. The largest absolute Gasteiger partial charge is 0.449 e. The van der Waals surface area contributed by atoms with E-state index < -0.39 is 5.41 Å². The zero-order valence-electron chi connectivity index (χ0n) is 37.1. The molecule has 67 heavy (non-hydrogen) atoms. The third kappa shape index (κ3) is 5.34. The van der Waals surface area contributed by atoms with Crippen molar-refractivity contribution in [2.24, 2.45) is 0 Å². The molecule has 4 aliphatic rings. The lowest BCUT2D eigenvalue weighted by Crippen LogP contribution is -2.25. The Hall–Kier alpha value is -8.40. The molecule has 0 amide bonds. The van der Waals surface area contributed by atoms with E-state index in [0.717, 1.165) is 62.3 Å². The second kappa shape index (κ2) is 14.1. The maximum absolute atomic E-state index is 6.89. The zero-order chi connectivity index (χ0) is 44.4. The molecular formula is C64H43NO2. The van der Waals surface area contributed by atoms with Crippen molar-refractivity contribution >= 4 is 17.1 Å². The molecule has 1 heterocycles. The van der Waals surface area contributed by atoms with Gasteiger partial charge in [-0.2, -0.15) is 0 Å². The van der Waals surface area contributed by atoms with Gasteiger partial charge in [0.2, 0.25) is 0 Å². The first-order chi connectivity index (χ1) is 33.0. The molecule has 10 aromatic rings. The first-order valence-corrected chi connectivity index (χ1v) is 23.2. The summed E-state index contributed by atoms with van der Waals surface area (Å²) in [4.78, 5) is 2.40. The molecule has 1 aliphatic heterocycles. The molecule has 1 spiro atoms. The quantitative estimate of drug-likeness (QED) is 0.172. The van der Waals surface area contributed by atoms with E-state index in [1.54, 1.807) is 0 Å². The van der Waals surface area contributed by atoms with E-state index >= 15 is 0 Å². The van der Waals surface area contributed by atoms with E-state index in [0.29, 0.717) is 0 Å². The van der Waals surface area contributed by atoms with Gasteiger partial charge in [-0.1, -0.05) is 178 Å². The first kappa shape index (κ1) is 37.9. The lowest BCUT2D eigenvalue weighted by Gasteiger charge is -2.31. The van der Waals surface area contributed by atoms with Crippen molar-refractivity contribution in [2.75, 3.05) is 4.90 Å². The fourth-order valence-corrected chi connectivity index (χ4v) is 11.9. The van der Waals surface area contributed by atoms with Crippen LogP contribution in [0.15, 0.2) is 224 Å². The van der Waals surface area contributed by atoms with Gasteiger partial charge in [0.05, 0.1) is 5.41 Å². The molecule has 0 aromatic heterocycles. The molecule has 0 N–H and O–H groups in total.